The third-order valence-electron chi connectivity index (χ3n) is 5.89. The van der Waals surface area contributed by atoms with Gasteiger partial charge in [0, 0.05) is 0 Å². The van der Waals surface area contributed by atoms with Crippen LogP contribution in [0, 0.1) is 5.41 Å². The van der Waals surface area contributed by atoms with Gasteiger partial charge in [-0.1, -0.05) is 50.6 Å². The van der Waals surface area contributed by atoms with Crippen LogP contribution in [0.4, 0.5) is 4.79 Å². The van der Waals surface area contributed by atoms with Crippen molar-refractivity contribution < 1.29 is 24.2 Å². The van der Waals surface area contributed by atoms with E-state index in [2.05, 4.69) is 5.32 Å². The van der Waals surface area contributed by atoms with Crippen molar-refractivity contribution in [3.8, 4) is 5.75 Å². The lowest BCUT2D eigenvalue weighted by Crippen LogP contribution is -2.73. The quantitative estimate of drug-likeness (QED) is 0.604. The Labute approximate surface area is 182 Å². The number of ether oxygens (including phenoxy) is 1. The smallest absolute Gasteiger partial charge is 0.335 e. The lowest BCUT2D eigenvalue weighted by molar-refractivity contribution is -0.191. The Morgan fingerprint density at radius 3 is 2.32 bits per heavy atom. The van der Waals surface area contributed by atoms with Crippen molar-refractivity contribution in [3.05, 3.63) is 65.7 Å². The third kappa shape index (κ3) is 4.26. The Bertz CT molecular complexity index is 944. The van der Waals surface area contributed by atoms with Crippen LogP contribution in [-0.2, 0) is 4.79 Å². The van der Waals surface area contributed by atoms with Crippen molar-refractivity contribution in [2.45, 2.75) is 52.3 Å². The number of aromatic carboxylic acids is 1. The molecular formula is C24H28N2O5. The van der Waals surface area contributed by atoms with E-state index >= 15 is 0 Å². The molecule has 0 aliphatic carbocycles. The molecule has 2 aromatic carbocycles. The molecular weight excluding hydrogens is 396 g/mol. The number of benzene rings is 2. The van der Waals surface area contributed by atoms with Gasteiger partial charge in [-0.2, -0.15) is 0 Å². The summed E-state index contributed by atoms with van der Waals surface area (Å²) in [4.78, 5) is 38.4. The number of rotatable bonds is 8. The topological polar surface area (TPSA) is 95.9 Å². The molecule has 1 aliphatic heterocycles. The molecule has 0 aromatic heterocycles. The van der Waals surface area contributed by atoms with Gasteiger partial charge >= 0.3 is 12.0 Å². The molecule has 2 N–H and O–H groups in total. The number of hydrogen-bond donors (Lipinski definition) is 2. The van der Waals surface area contributed by atoms with Gasteiger partial charge in [0.2, 0.25) is 5.91 Å². The Kier molecular flexibility index (Phi) is 6.63. The maximum Gasteiger partial charge on any atom is 0.335 e. The SMILES string of the molecule is CCC[C@]1(CC)C(=O)N(C(=O)N[C@H](C)c2ccccc2)[C@H]1Oc1ccc(C(=O)O)cc1. The normalized spacial score (nSPS) is 21.2. The fourth-order valence-corrected chi connectivity index (χ4v) is 4.06. The first kappa shape index (κ1) is 22.3. The highest BCUT2D eigenvalue weighted by molar-refractivity contribution is 6.03. The van der Waals surface area contributed by atoms with Gasteiger partial charge in [0.25, 0.3) is 0 Å². The molecule has 3 amide bonds. The van der Waals surface area contributed by atoms with Crippen molar-refractivity contribution in [1.29, 1.82) is 0 Å². The molecule has 3 atom stereocenters. The molecule has 1 heterocycles. The standard InChI is InChI=1S/C24H28N2O5/c1-4-15-24(5-2)21(29)26(23(30)25-16(3)17-9-7-6-8-10-17)22(24)31-19-13-11-18(12-14-19)20(27)28/h6-14,16,22H,4-5,15H2,1-3H3,(H,25,30)(H,27,28)/t16-,22+,24-/m1/s1. The second-order valence-electron chi connectivity index (χ2n) is 7.82. The summed E-state index contributed by atoms with van der Waals surface area (Å²) in [6.07, 6.45) is 1.14. The minimum atomic E-state index is -1.03. The molecule has 7 nitrogen and oxygen atoms in total. The van der Waals surface area contributed by atoms with Crippen molar-refractivity contribution in [2.75, 3.05) is 0 Å². The zero-order valence-electron chi connectivity index (χ0n) is 18.0. The highest BCUT2D eigenvalue weighted by Crippen LogP contribution is 2.47. The molecule has 1 fully saturated rings. The Morgan fingerprint density at radius 1 is 1.13 bits per heavy atom. The monoisotopic (exact) mass is 424 g/mol. The summed E-state index contributed by atoms with van der Waals surface area (Å²) in [5.74, 6) is -0.873. The lowest BCUT2D eigenvalue weighted by atomic mass is 9.70. The van der Waals surface area contributed by atoms with E-state index in [0.29, 0.717) is 18.6 Å². The number of carboxylic acids is 1. The summed E-state index contributed by atoms with van der Waals surface area (Å²) in [5.41, 5.74) is 0.285. The lowest BCUT2D eigenvalue weighted by Gasteiger charge is -2.53. The van der Waals surface area contributed by atoms with Gasteiger partial charge in [0.1, 0.15) is 11.2 Å². The van der Waals surface area contributed by atoms with E-state index in [9.17, 15) is 14.4 Å². The number of nitrogens with zero attached hydrogens (tertiary/aromatic N) is 1. The number of carbonyl (C=O) groups is 3. The molecule has 3 rings (SSSR count). The number of imide groups is 1. The summed E-state index contributed by atoms with van der Waals surface area (Å²) in [6, 6.07) is 14.7. The Hall–Kier alpha value is -3.35. The van der Waals surface area contributed by atoms with E-state index in [1.807, 2.05) is 51.1 Å². The van der Waals surface area contributed by atoms with Crippen molar-refractivity contribution in [2.24, 2.45) is 5.41 Å². The number of amides is 3. The van der Waals surface area contributed by atoms with Crippen LogP contribution in [-0.4, -0.2) is 34.1 Å². The third-order valence-corrected chi connectivity index (χ3v) is 5.89. The molecule has 0 bridgehead atoms. The van der Waals surface area contributed by atoms with Crippen LogP contribution in [0.1, 0.15) is 62.0 Å². The van der Waals surface area contributed by atoms with E-state index in [0.717, 1.165) is 16.9 Å². The zero-order chi connectivity index (χ0) is 22.6. The van der Waals surface area contributed by atoms with Crippen LogP contribution in [0.15, 0.2) is 54.6 Å². The summed E-state index contributed by atoms with van der Waals surface area (Å²) in [5, 5.41) is 12.0. The number of carboxylic acid groups (broad SMARTS) is 1. The van der Waals surface area contributed by atoms with E-state index in [1.165, 1.54) is 12.1 Å². The largest absolute Gasteiger partial charge is 0.478 e. The summed E-state index contributed by atoms with van der Waals surface area (Å²) >= 11 is 0. The van der Waals surface area contributed by atoms with Gasteiger partial charge < -0.3 is 15.2 Å². The van der Waals surface area contributed by atoms with E-state index < -0.39 is 23.6 Å². The van der Waals surface area contributed by atoms with Crippen LogP contribution in [0.25, 0.3) is 0 Å². The van der Waals surface area contributed by atoms with Crippen molar-refractivity contribution in [3.63, 3.8) is 0 Å². The van der Waals surface area contributed by atoms with Gasteiger partial charge in [-0.3, -0.25) is 4.79 Å². The summed E-state index contributed by atoms with van der Waals surface area (Å²) in [6.45, 7) is 5.76. The molecule has 0 unspecified atom stereocenters. The zero-order valence-corrected chi connectivity index (χ0v) is 18.0. The minimum Gasteiger partial charge on any atom is -0.478 e. The number of β-lactam (4-membered cyclic amide) rings is 1. The molecule has 0 radical (unpaired) electrons. The summed E-state index contributed by atoms with van der Waals surface area (Å²) in [7, 11) is 0. The Morgan fingerprint density at radius 2 is 1.77 bits per heavy atom. The number of carbonyl (C=O) groups excluding carboxylic acids is 2. The Balaban J connectivity index is 1.82. The van der Waals surface area contributed by atoms with Crippen LogP contribution in [0.3, 0.4) is 0 Å². The second kappa shape index (κ2) is 9.20. The molecule has 164 valence electrons. The fraction of sp³-hybridized carbons (Fsp3) is 0.375. The van der Waals surface area contributed by atoms with Gasteiger partial charge in [0.05, 0.1) is 11.6 Å². The van der Waals surface area contributed by atoms with Crippen LogP contribution < -0.4 is 10.1 Å². The summed E-state index contributed by atoms with van der Waals surface area (Å²) < 4.78 is 6.09. The number of likely N-dealkylation sites (tertiary alicyclic amines) is 1. The molecule has 1 saturated heterocycles. The molecule has 2 aromatic rings. The highest BCUT2D eigenvalue weighted by Gasteiger charge is 2.63. The predicted molar refractivity (Wildman–Crippen MR) is 116 cm³/mol. The molecule has 7 heteroatoms. The first-order valence-corrected chi connectivity index (χ1v) is 10.5. The molecule has 0 saturated carbocycles. The first-order chi connectivity index (χ1) is 14.8. The van der Waals surface area contributed by atoms with Crippen molar-refractivity contribution in [1.82, 2.24) is 10.2 Å². The van der Waals surface area contributed by atoms with Crippen molar-refractivity contribution >= 4 is 17.9 Å². The average Bonchev–Trinajstić information content (AvgIpc) is 2.77. The van der Waals surface area contributed by atoms with Crippen LogP contribution in [0.5, 0.6) is 5.75 Å². The van der Waals surface area contributed by atoms with E-state index in [-0.39, 0.29) is 17.5 Å². The predicted octanol–water partition coefficient (Wildman–Crippen LogP) is 4.60. The molecule has 0 spiro atoms. The van der Waals surface area contributed by atoms with E-state index in [4.69, 9.17) is 9.84 Å². The minimum absolute atomic E-state index is 0.138. The average molecular weight is 424 g/mol. The maximum absolute atomic E-state index is 13.1. The second-order valence-corrected chi connectivity index (χ2v) is 7.82. The fourth-order valence-electron chi connectivity index (χ4n) is 4.06. The maximum atomic E-state index is 13.1. The number of hydrogen-bond acceptors (Lipinski definition) is 4. The van der Waals surface area contributed by atoms with Gasteiger partial charge in [-0.15, -0.1) is 0 Å². The molecule has 31 heavy (non-hydrogen) atoms. The van der Waals surface area contributed by atoms with Gasteiger partial charge in [-0.25, -0.2) is 14.5 Å². The van der Waals surface area contributed by atoms with Crippen LogP contribution in [0.2, 0.25) is 0 Å². The first-order valence-electron chi connectivity index (χ1n) is 10.5. The molecule has 1 aliphatic rings. The van der Waals surface area contributed by atoms with Crippen LogP contribution >= 0.6 is 0 Å². The number of nitrogens with one attached hydrogen (secondary N) is 1. The number of urea groups is 1. The van der Waals surface area contributed by atoms with E-state index in [1.54, 1.807) is 12.1 Å². The van der Waals surface area contributed by atoms with Gasteiger partial charge in [0.15, 0.2) is 6.23 Å². The highest BCUT2D eigenvalue weighted by atomic mass is 16.5. The van der Waals surface area contributed by atoms with Gasteiger partial charge in [-0.05, 0) is 49.6 Å².